The van der Waals surface area contributed by atoms with Crippen molar-refractivity contribution in [2.75, 3.05) is 12.3 Å². The first-order chi connectivity index (χ1) is 7.63. The van der Waals surface area contributed by atoms with Gasteiger partial charge in [-0.05, 0) is 13.8 Å². The van der Waals surface area contributed by atoms with Gasteiger partial charge in [-0.25, -0.2) is 0 Å². The average Bonchev–Trinajstić information content (AvgIpc) is 2.12. The van der Waals surface area contributed by atoms with Gasteiger partial charge in [0, 0.05) is 17.3 Å². The monoisotopic (exact) mass is 261 g/mol. The molecule has 0 aliphatic rings. The Morgan fingerprint density at radius 1 is 1.29 bits per heavy atom. The Morgan fingerprint density at radius 2 is 1.82 bits per heavy atom. The fourth-order valence-electron chi connectivity index (χ4n) is 1.25. The Hall–Kier alpha value is -0.710. The zero-order valence-electron chi connectivity index (χ0n) is 11.3. The summed E-state index contributed by atoms with van der Waals surface area (Å²) in [5, 5.41) is 8.64. The molecule has 0 radical (unpaired) electrons. The van der Waals surface area contributed by atoms with Gasteiger partial charge in [0.25, 0.3) is 0 Å². The minimum Gasteiger partial charge on any atom is -0.481 e. The number of nitrogens with zero attached hydrogens (tertiary/aromatic N) is 1. The minimum absolute atomic E-state index is 0.00407. The number of rotatable bonds is 6. The Labute approximate surface area is 108 Å². The van der Waals surface area contributed by atoms with Gasteiger partial charge in [0.15, 0.2) is 0 Å². The summed E-state index contributed by atoms with van der Waals surface area (Å²) in [7, 11) is 0. The third-order valence-electron chi connectivity index (χ3n) is 2.14. The van der Waals surface area contributed by atoms with Gasteiger partial charge in [0.1, 0.15) is 0 Å². The molecular weight excluding hydrogens is 238 g/mol. The molecular formula is C12H23NO3S. The highest BCUT2D eigenvalue weighted by Gasteiger charge is 2.20. The predicted molar refractivity (Wildman–Crippen MR) is 71.3 cm³/mol. The summed E-state index contributed by atoms with van der Waals surface area (Å²) in [5.74, 6) is -0.450. The quantitative estimate of drug-likeness (QED) is 0.796. The van der Waals surface area contributed by atoms with E-state index < -0.39 is 5.97 Å². The first-order valence-electron chi connectivity index (χ1n) is 5.78. The highest BCUT2D eigenvalue weighted by Crippen LogP contribution is 2.23. The van der Waals surface area contributed by atoms with Crippen LogP contribution >= 0.6 is 11.8 Å². The van der Waals surface area contributed by atoms with Crippen LogP contribution in [0.25, 0.3) is 0 Å². The molecule has 0 bridgehead atoms. The molecule has 5 heteroatoms. The number of amides is 1. The second-order valence-electron chi connectivity index (χ2n) is 5.23. The van der Waals surface area contributed by atoms with Gasteiger partial charge in [-0.2, -0.15) is 0 Å². The van der Waals surface area contributed by atoms with E-state index in [1.54, 1.807) is 16.7 Å². The molecule has 0 rings (SSSR count). The molecule has 0 unspecified atom stereocenters. The largest absolute Gasteiger partial charge is 0.481 e. The highest BCUT2D eigenvalue weighted by atomic mass is 32.2. The minimum atomic E-state index is -0.869. The van der Waals surface area contributed by atoms with Crippen LogP contribution in [0.15, 0.2) is 0 Å². The highest BCUT2D eigenvalue weighted by molar-refractivity contribution is 8.01. The van der Waals surface area contributed by atoms with Crippen LogP contribution in [-0.4, -0.2) is 45.0 Å². The van der Waals surface area contributed by atoms with Crippen LogP contribution in [-0.2, 0) is 9.59 Å². The maximum Gasteiger partial charge on any atom is 0.305 e. The number of hydrogen-bond donors (Lipinski definition) is 1. The zero-order valence-corrected chi connectivity index (χ0v) is 12.1. The lowest BCUT2D eigenvalue weighted by molar-refractivity contribution is -0.138. The predicted octanol–water partition coefficient (Wildman–Crippen LogP) is 2.23. The normalized spacial score (nSPS) is 11.6. The van der Waals surface area contributed by atoms with Crippen molar-refractivity contribution in [3.05, 3.63) is 0 Å². The summed E-state index contributed by atoms with van der Waals surface area (Å²) in [6.07, 6.45) is 0.00407. The summed E-state index contributed by atoms with van der Waals surface area (Å²) in [5.41, 5.74) is 0. The molecule has 0 heterocycles. The lowest BCUT2D eigenvalue weighted by Crippen LogP contribution is -2.40. The van der Waals surface area contributed by atoms with Crippen LogP contribution in [0.2, 0.25) is 0 Å². The van der Waals surface area contributed by atoms with Crippen molar-refractivity contribution in [1.82, 2.24) is 4.90 Å². The van der Waals surface area contributed by atoms with E-state index in [4.69, 9.17) is 5.11 Å². The molecule has 0 aromatic rings. The average molecular weight is 261 g/mol. The van der Waals surface area contributed by atoms with Gasteiger partial charge >= 0.3 is 5.97 Å². The fraction of sp³-hybridized carbons (Fsp3) is 0.833. The van der Waals surface area contributed by atoms with Gasteiger partial charge in [-0.15, -0.1) is 11.8 Å². The Morgan fingerprint density at radius 3 is 2.18 bits per heavy atom. The summed E-state index contributed by atoms with van der Waals surface area (Å²) in [6.45, 7) is 10.3. The van der Waals surface area contributed by atoms with Gasteiger partial charge in [0.05, 0.1) is 12.2 Å². The number of carbonyl (C=O) groups is 2. The standard InChI is InChI=1S/C12H23NO3S/c1-9(2)13(7-6-11(15)16)10(14)8-17-12(3,4)5/h9H,6-8H2,1-5H3,(H,15,16). The number of carboxylic acid groups (broad SMARTS) is 1. The van der Waals surface area contributed by atoms with Crippen LogP contribution < -0.4 is 0 Å². The SMILES string of the molecule is CC(C)N(CCC(=O)O)C(=O)CSC(C)(C)C. The molecule has 0 atom stereocenters. The summed E-state index contributed by atoms with van der Waals surface area (Å²) in [6, 6.07) is 0.0439. The van der Waals surface area contributed by atoms with E-state index in [0.29, 0.717) is 5.75 Å². The molecule has 0 spiro atoms. The van der Waals surface area contributed by atoms with Gasteiger partial charge in [-0.3, -0.25) is 9.59 Å². The molecule has 0 aliphatic carbocycles. The van der Waals surface area contributed by atoms with Crippen molar-refractivity contribution in [2.45, 2.75) is 51.8 Å². The molecule has 0 fully saturated rings. The summed E-state index contributed by atoms with van der Waals surface area (Å²) >= 11 is 1.58. The molecule has 17 heavy (non-hydrogen) atoms. The third-order valence-corrected chi connectivity index (χ3v) is 3.40. The first-order valence-corrected chi connectivity index (χ1v) is 6.77. The number of carbonyl (C=O) groups excluding carboxylic acids is 1. The van der Waals surface area contributed by atoms with E-state index in [1.807, 2.05) is 13.8 Å². The first kappa shape index (κ1) is 16.3. The number of thioether (sulfide) groups is 1. The van der Waals surface area contributed by atoms with Gasteiger partial charge < -0.3 is 10.0 Å². The molecule has 100 valence electrons. The second kappa shape index (κ2) is 6.89. The van der Waals surface area contributed by atoms with Crippen molar-refractivity contribution < 1.29 is 14.7 Å². The van der Waals surface area contributed by atoms with E-state index in [0.717, 1.165) is 0 Å². The van der Waals surface area contributed by atoms with Crippen LogP contribution in [0.5, 0.6) is 0 Å². The van der Waals surface area contributed by atoms with Crippen molar-refractivity contribution in [3.63, 3.8) is 0 Å². The summed E-state index contributed by atoms with van der Waals surface area (Å²) in [4.78, 5) is 24.1. The van der Waals surface area contributed by atoms with Gasteiger partial charge in [0.2, 0.25) is 5.91 Å². The lowest BCUT2D eigenvalue weighted by atomic mass is 10.3. The van der Waals surface area contributed by atoms with E-state index in [1.165, 1.54) is 0 Å². The van der Waals surface area contributed by atoms with Crippen LogP contribution in [0, 0.1) is 0 Å². The molecule has 0 saturated carbocycles. The number of carboxylic acids is 1. The van der Waals surface area contributed by atoms with E-state index in [9.17, 15) is 9.59 Å². The molecule has 1 N–H and O–H groups in total. The number of aliphatic carboxylic acids is 1. The van der Waals surface area contributed by atoms with E-state index in [-0.39, 0.29) is 29.7 Å². The lowest BCUT2D eigenvalue weighted by Gasteiger charge is -2.27. The number of hydrogen-bond acceptors (Lipinski definition) is 3. The molecule has 0 aliphatic heterocycles. The molecule has 1 amide bonds. The maximum atomic E-state index is 12.0. The topological polar surface area (TPSA) is 57.6 Å². The Kier molecular flexibility index (Phi) is 6.60. The second-order valence-corrected chi connectivity index (χ2v) is 7.03. The van der Waals surface area contributed by atoms with E-state index >= 15 is 0 Å². The Bertz CT molecular complexity index is 271. The Balaban J connectivity index is 4.30. The van der Waals surface area contributed by atoms with Crippen molar-refractivity contribution >= 4 is 23.6 Å². The molecule has 0 saturated heterocycles. The van der Waals surface area contributed by atoms with Gasteiger partial charge in [-0.1, -0.05) is 20.8 Å². The third kappa shape index (κ3) is 8.07. The zero-order chi connectivity index (χ0) is 13.6. The van der Waals surface area contributed by atoms with Crippen molar-refractivity contribution in [2.24, 2.45) is 0 Å². The maximum absolute atomic E-state index is 12.0. The molecule has 4 nitrogen and oxygen atoms in total. The fourth-order valence-corrected chi connectivity index (χ4v) is 1.97. The molecule has 0 aromatic heterocycles. The van der Waals surface area contributed by atoms with Crippen LogP contribution in [0.4, 0.5) is 0 Å². The van der Waals surface area contributed by atoms with Crippen LogP contribution in [0.3, 0.4) is 0 Å². The smallest absolute Gasteiger partial charge is 0.305 e. The summed E-state index contributed by atoms with van der Waals surface area (Å²) < 4.78 is 0.0467. The van der Waals surface area contributed by atoms with Crippen molar-refractivity contribution in [1.29, 1.82) is 0 Å². The van der Waals surface area contributed by atoms with Crippen molar-refractivity contribution in [3.8, 4) is 0 Å². The van der Waals surface area contributed by atoms with E-state index in [2.05, 4.69) is 20.8 Å². The van der Waals surface area contributed by atoms with Crippen LogP contribution in [0.1, 0.15) is 41.0 Å². The molecule has 0 aromatic carbocycles.